The maximum Gasteiger partial charge on any atom is 0.274 e. The molecule has 2 bridgehead atoms. The molecule has 2 aromatic carbocycles. The van der Waals surface area contributed by atoms with Crippen molar-refractivity contribution in [1.82, 2.24) is 19.8 Å². The number of hydroxylamine groups is 1. The molecule has 0 radical (unpaired) electrons. The zero-order chi connectivity index (χ0) is 26.4. The van der Waals surface area contributed by atoms with Crippen LogP contribution in [0.5, 0.6) is 5.75 Å². The Labute approximate surface area is 226 Å². The molecule has 0 saturated carbocycles. The lowest BCUT2D eigenvalue weighted by molar-refractivity contribution is -0.186. The van der Waals surface area contributed by atoms with Gasteiger partial charge in [-0.3, -0.25) is 14.5 Å². The second-order valence-corrected chi connectivity index (χ2v) is 10.3. The lowest BCUT2D eigenvalue weighted by Gasteiger charge is -2.43. The molecule has 3 aliphatic heterocycles. The number of fused-ring (bicyclic) bond motifs is 6. The van der Waals surface area contributed by atoms with Crippen LogP contribution in [0.15, 0.2) is 42.5 Å². The number of nitrogens with zero attached hydrogens (tertiary/aromatic N) is 3. The molecule has 2 saturated heterocycles. The molecule has 2 unspecified atom stereocenters. The van der Waals surface area contributed by atoms with Crippen LogP contribution in [0.4, 0.5) is 0 Å². The Kier molecular flexibility index (Phi) is 6.55. The molecule has 3 aliphatic rings. The number of hydrogen-bond acceptors (Lipinski definition) is 6. The van der Waals surface area contributed by atoms with Gasteiger partial charge in [0.1, 0.15) is 5.75 Å². The SMILES string of the molecule is COc1ccc2c(c1)c1c(n2Cc2ccc(C(=O)NOC3CCCCO3)cc2)CN2CC1C(=O)N(C)C2=S. The fourth-order valence-electron chi connectivity index (χ4n) is 5.65. The van der Waals surface area contributed by atoms with E-state index in [0.717, 1.165) is 52.7 Å². The maximum absolute atomic E-state index is 13.2. The second kappa shape index (κ2) is 10.0. The van der Waals surface area contributed by atoms with E-state index in [4.69, 9.17) is 26.5 Å². The van der Waals surface area contributed by atoms with Gasteiger partial charge in [-0.2, -0.15) is 0 Å². The third kappa shape index (κ3) is 4.32. The van der Waals surface area contributed by atoms with Crippen molar-refractivity contribution < 1.29 is 23.9 Å². The highest BCUT2D eigenvalue weighted by molar-refractivity contribution is 7.80. The quantitative estimate of drug-likeness (QED) is 0.383. The summed E-state index contributed by atoms with van der Waals surface area (Å²) >= 11 is 5.58. The third-order valence-electron chi connectivity index (χ3n) is 7.68. The van der Waals surface area contributed by atoms with Crippen molar-refractivity contribution in [2.45, 2.75) is 44.6 Å². The van der Waals surface area contributed by atoms with Crippen molar-refractivity contribution in [3.05, 3.63) is 64.8 Å². The number of methoxy groups -OCH3 is 1. The minimum Gasteiger partial charge on any atom is -0.497 e. The topological polar surface area (TPSA) is 85.3 Å². The molecule has 2 atom stereocenters. The summed E-state index contributed by atoms with van der Waals surface area (Å²) < 4.78 is 13.3. The van der Waals surface area contributed by atoms with E-state index in [9.17, 15) is 9.59 Å². The molecular weight excluding hydrogens is 504 g/mol. The summed E-state index contributed by atoms with van der Waals surface area (Å²) in [4.78, 5) is 34.9. The number of carbonyl (C=O) groups excluding carboxylic acids is 2. The van der Waals surface area contributed by atoms with Gasteiger partial charge in [-0.25, -0.2) is 10.3 Å². The molecule has 0 aliphatic carbocycles. The fraction of sp³-hybridized carbons (Fsp3) is 0.393. The molecule has 3 aromatic rings. The molecule has 9 nitrogen and oxygen atoms in total. The first-order valence-electron chi connectivity index (χ1n) is 12.9. The molecule has 6 rings (SSSR count). The summed E-state index contributed by atoms with van der Waals surface area (Å²) in [6, 6.07) is 13.5. The van der Waals surface area contributed by atoms with Gasteiger partial charge in [0.25, 0.3) is 5.91 Å². The highest BCUT2D eigenvalue weighted by Gasteiger charge is 2.43. The van der Waals surface area contributed by atoms with Crippen LogP contribution in [-0.4, -0.2) is 64.9 Å². The van der Waals surface area contributed by atoms with Crippen LogP contribution in [0.1, 0.15) is 52.4 Å². The number of carbonyl (C=O) groups is 2. The molecule has 1 aromatic heterocycles. The molecule has 4 heterocycles. The molecule has 2 amide bonds. The van der Waals surface area contributed by atoms with Crippen molar-refractivity contribution in [1.29, 1.82) is 0 Å². The Bertz CT molecular complexity index is 1410. The van der Waals surface area contributed by atoms with Gasteiger partial charge in [0.05, 0.1) is 19.6 Å². The van der Waals surface area contributed by atoms with Crippen molar-refractivity contribution in [2.24, 2.45) is 0 Å². The van der Waals surface area contributed by atoms with Crippen molar-refractivity contribution in [3.8, 4) is 5.75 Å². The molecule has 38 heavy (non-hydrogen) atoms. The average molecular weight is 535 g/mol. The first-order valence-corrected chi connectivity index (χ1v) is 13.3. The lowest BCUT2D eigenvalue weighted by atomic mass is 9.89. The highest BCUT2D eigenvalue weighted by atomic mass is 32.1. The van der Waals surface area contributed by atoms with Gasteiger partial charge >= 0.3 is 0 Å². The maximum atomic E-state index is 13.2. The van der Waals surface area contributed by atoms with Gasteiger partial charge in [-0.15, -0.1) is 0 Å². The van der Waals surface area contributed by atoms with Gasteiger partial charge in [-0.1, -0.05) is 12.1 Å². The van der Waals surface area contributed by atoms with Gasteiger partial charge in [0.2, 0.25) is 5.91 Å². The van der Waals surface area contributed by atoms with Crippen LogP contribution in [0.3, 0.4) is 0 Å². The van der Waals surface area contributed by atoms with E-state index < -0.39 is 6.29 Å². The largest absolute Gasteiger partial charge is 0.497 e. The average Bonchev–Trinajstić information content (AvgIpc) is 3.26. The highest BCUT2D eigenvalue weighted by Crippen LogP contribution is 2.41. The second-order valence-electron chi connectivity index (χ2n) is 9.98. The number of benzene rings is 2. The Balaban J connectivity index is 1.29. The number of nitrogens with one attached hydrogen (secondary N) is 1. The Morgan fingerprint density at radius 3 is 2.74 bits per heavy atom. The first-order chi connectivity index (χ1) is 18.4. The van der Waals surface area contributed by atoms with E-state index in [1.807, 2.05) is 30.3 Å². The van der Waals surface area contributed by atoms with Crippen molar-refractivity contribution in [3.63, 3.8) is 0 Å². The van der Waals surface area contributed by atoms with Crippen LogP contribution in [0, 0.1) is 0 Å². The summed E-state index contributed by atoms with van der Waals surface area (Å²) in [5.74, 6) is 0.178. The van der Waals surface area contributed by atoms with E-state index >= 15 is 0 Å². The lowest BCUT2D eigenvalue weighted by Crippen LogP contribution is -2.56. The fourth-order valence-corrected chi connectivity index (χ4v) is 5.88. The van der Waals surface area contributed by atoms with Gasteiger partial charge in [0, 0.05) is 55.3 Å². The van der Waals surface area contributed by atoms with Crippen LogP contribution in [0.2, 0.25) is 0 Å². The van der Waals surface area contributed by atoms with Crippen LogP contribution in [-0.2, 0) is 27.5 Å². The number of likely N-dealkylation sites (N-methyl/N-ethyl adjacent to an activating group) is 1. The van der Waals surface area contributed by atoms with E-state index in [-0.39, 0.29) is 17.7 Å². The summed E-state index contributed by atoms with van der Waals surface area (Å²) in [5.41, 5.74) is 7.21. The van der Waals surface area contributed by atoms with Crippen molar-refractivity contribution in [2.75, 3.05) is 27.3 Å². The normalized spacial score (nSPS) is 21.0. The van der Waals surface area contributed by atoms with Gasteiger partial charge < -0.3 is 18.9 Å². The molecule has 0 spiro atoms. The Morgan fingerprint density at radius 1 is 1.18 bits per heavy atom. The van der Waals surface area contributed by atoms with Crippen LogP contribution < -0.4 is 10.2 Å². The number of hydrogen-bond donors (Lipinski definition) is 1. The molecule has 198 valence electrons. The zero-order valence-corrected chi connectivity index (χ0v) is 22.3. The predicted octanol–water partition coefficient (Wildman–Crippen LogP) is 3.54. The Hall–Kier alpha value is -3.47. The van der Waals surface area contributed by atoms with Gasteiger partial charge in [-0.05, 0) is 66.5 Å². The summed E-state index contributed by atoms with van der Waals surface area (Å²) in [6.45, 7) is 2.45. The minimum atomic E-state index is -0.395. The van der Waals surface area contributed by atoms with Crippen LogP contribution in [0.25, 0.3) is 10.9 Å². The molecule has 2 fully saturated rings. The van der Waals surface area contributed by atoms with E-state index in [0.29, 0.717) is 36.9 Å². The van der Waals surface area contributed by atoms with E-state index in [1.54, 1.807) is 31.2 Å². The smallest absolute Gasteiger partial charge is 0.274 e. The number of ether oxygens (including phenoxy) is 2. The Morgan fingerprint density at radius 2 is 2.00 bits per heavy atom. The number of rotatable bonds is 6. The first kappa shape index (κ1) is 24.8. The third-order valence-corrected chi connectivity index (χ3v) is 8.21. The number of thiocarbonyl (C=S) groups is 1. The molecular formula is C28H30N4O5S. The van der Waals surface area contributed by atoms with Crippen LogP contribution >= 0.6 is 12.2 Å². The molecule has 1 N–H and O–H groups in total. The van der Waals surface area contributed by atoms with E-state index in [2.05, 4.69) is 14.9 Å². The standard InChI is InChI=1S/C28H30N4O5S/c1-30-27(34)21-15-31(28(30)38)16-23-25(21)20-13-19(35-2)10-11-22(20)32(23)14-17-6-8-18(9-7-17)26(33)29-37-24-5-3-4-12-36-24/h6-11,13,21,24H,3-5,12,14-16H2,1-2H3,(H,29,33). The van der Waals surface area contributed by atoms with Gasteiger partial charge in [0.15, 0.2) is 11.4 Å². The van der Waals surface area contributed by atoms with E-state index in [1.165, 1.54) is 0 Å². The zero-order valence-electron chi connectivity index (χ0n) is 21.4. The summed E-state index contributed by atoms with van der Waals surface area (Å²) in [6.07, 6.45) is 2.41. The predicted molar refractivity (Wildman–Crippen MR) is 145 cm³/mol. The number of amides is 2. The monoisotopic (exact) mass is 534 g/mol. The minimum absolute atomic E-state index is 0.0188. The molecule has 10 heteroatoms. The summed E-state index contributed by atoms with van der Waals surface area (Å²) in [5, 5.41) is 1.58. The number of aromatic nitrogens is 1. The van der Waals surface area contributed by atoms with Crippen molar-refractivity contribution >= 4 is 40.0 Å². The summed E-state index contributed by atoms with van der Waals surface area (Å²) in [7, 11) is 3.40.